The van der Waals surface area contributed by atoms with Crippen molar-refractivity contribution in [2.24, 2.45) is 4.40 Å². The van der Waals surface area contributed by atoms with E-state index in [1.54, 1.807) is 6.92 Å². The van der Waals surface area contributed by atoms with Gasteiger partial charge in [0.2, 0.25) is 0 Å². The Morgan fingerprint density at radius 1 is 1.35 bits per heavy atom. The summed E-state index contributed by atoms with van der Waals surface area (Å²) >= 11 is -1.21. The molecular weight excluding hydrogens is 238 g/mol. The van der Waals surface area contributed by atoms with Gasteiger partial charge in [-0.05, 0) is 47.5 Å². The fourth-order valence-electron chi connectivity index (χ4n) is 1.05. The zero-order chi connectivity index (χ0) is 13.5. The maximum absolute atomic E-state index is 11.7. The van der Waals surface area contributed by atoms with E-state index in [1.165, 1.54) is 0 Å². The van der Waals surface area contributed by atoms with Crippen LogP contribution in [0.4, 0.5) is 0 Å². The maximum Gasteiger partial charge on any atom is 0.305 e. The van der Waals surface area contributed by atoms with E-state index in [0.717, 1.165) is 5.71 Å². The van der Waals surface area contributed by atoms with Gasteiger partial charge in [0.05, 0.1) is 12.3 Å². The first-order valence-corrected chi connectivity index (χ1v) is 6.99. The first-order valence-electron chi connectivity index (χ1n) is 5.89. The van der Waals surface area contributed by atoms with E-state index in [-0.39, 0.29) is 10.7 Å². The lowest BCUT2D eigenvalue weighted by molar-refractivity contribution is -0.143. The molecule has 0 saturated heterocycles. The Morgan fingerprint density at radius 3 is 2.41 bits per heavy atom. The van der Waals surface area contributed by atoms with Gasteiger partial charge in [-0.15, -0.1) is 0 Å². The molecule has 0 rings (SSSR count). The van der Waals surface area contributed by atoms with Crippen molar-refractivity contribution in [3.8, 4) is 0 Å². The second-order valence-corrected chi connectivity index (χ2v) is 6.75. The molecular formula is C12H23NO3S. The van der Waals surface area contributed by atoms with E-state index in [0.29, 0.717) is 25.9 Å². The predicted molar refractivity (Wildman–Crippen MR) is 71.5 cm³/mol. The van der Waals surface area contributed by atoms with Crippen LogP contribution in [0.2, 0.25) is 0 Å². The predicted octanol–water partition coefficient (Wildman–Crippen LogP) is 2.64. The average Bonchev–Trinajstić information content (AvgIpc) is 2.16. The van der Waals surface area contributed by atoms with Gasteiger partial charge in [-0.1, -0.05) is 4.40 Å². The van der Waals surface area contributed by atoms with Crippen molar-refractivity contribution in [1.29, 1.82) is 0 Å². The number of hydrogen-bond donors (Lipinski definition) is 0. The molecule has 0 aliphatic rings. The van der Waals surface area contributed by atoms with Crippen LogP contribution in [0.5, 0.6) is 0 Å². The third kappa shape index (κ3) is 8.21. The molecule has 0 saturated carbocycles. The number of rotatable bonds is 6. The highest BCUT2D eigenvalue weighted by Gasteiger charge is 2.26. The molecule has 0 bridgehead atoms. The Bertz CT molecular complexity index is 271. The Kier molecular flexibility index (Phi) is 7.46. The van der Waals surface area contributed by atoms with Crippen molar-refractivity contribution in [2.45, 2.75) is 58.6 Å². The lowest BCUT2D eigenvalue weighted by Gasteiger charge is -2.18. The van der Waals surface area contributed by atoms with Crippen LogP contribution in [0.3, 0.4) is 0 Å². The Hall–Kier alpha value is -0.550. The van der Waals surface area contributed by atoms with E-state index in [9.17, 15) is 9.35 Å². The molecule has 100 valence electrons. The molecule has 0 aromatic carbocycles. The number of carbonyl (C=O) groups is 1. The van der Waals surface area contributed by atoms with Crippen LogP contribution in [0.15, 0.2) is 4.40 Å². The summed E-state index contributed by atoms with van der Waals surface area (Å²) in [6, 6.07) is 0. The highest BCUT2D eigenvalue weighted by molar-refractivity contribution is 7.91. The molecule has 0 aliphatic carbocycles. The number of nitrogens with zero attached hydrogens (tertiary/aromatic N) is 1. The van der Waals surface area contributed by atoms with E-state index in [4.69, 9.17) is 4.74 Å². The second kappa shape index (κ2) is 7.71. The topological polar surface area (TPSA) is 61.7 Å². The zero-order valence-corrected chi connectivity index (χ0v) is 12.2. The first kappa shape index (κ1) is 16.4. The van der Waals surface area contributed by atoms with Gasteiger partial charge >= 0.3 is 5.97 Å². The van der Waals surface area contributed by atoms with Gasteiger partial charge < -0.3 is 9.29 Å². The first-order chi connectivity index (χ1) is 7.77. The molecule has 0 radical (unpaired) electrons. The maximum atomic E-state index is 11.7. The summed E-state index contributed by atoms with van der Waals surface area (Å²) in [4.78, 5) is 11.1. The van der Waals surface area contributed by atoms with Crippen LogP contribution in [0.1, 0.15) is 53.9 Å². The number of ether oxygens (including phenoxy) is 1. The molecule has 1 atom stereocenters. The molecule has 0 aromatic heterocycles. The average molecular weight is 261 g/mol. The molecule has 0 fully saturated rings. The minimum Gasteiger partial charge on any atom is -0.591 e. The molecule has 0 aromatic rings. The van der Waals surface area contributed by atoms with E-state index >= 15 is 0 Å². The molecule has 0 amide bonds. The zero-order valence-electron chi connectivity index (χ0n) is 11.4. The third-order valence-corrected chi connectivity index (χ3v) is 3.51. The van der Waals surface area contributed by atoms with Gasteiger partial charge in [0, 0.05) is 6.42 Å². The van der Waals surface area contributed by atoms with Crippen molar-refractivity contribution in [2.75, 3.05) is 6.61 Å². The van der Waals surface area contributed by atoms with Gasteiger partial charge in [-0.25, -0.2) is 0 Å². The van der Waals surface area contributed by atoms with E-state index in [2.05, 4.69) is 4.40 Å². The van der Waals surface area contributed by atoms with Crippen LogP contribution in [-0.4, -0.2) is 27.6 Å². The smallest absolute Gasteiger partial charge is 0.305 e. The number of hydrogen-bond acceptors (Lipinski definition) is 4. The van der Waals surface area contributed by atoms with Gasteiger partial charge in [0.15, 0.2) is 0 Å². The Balaban J connectivity index is 3.98. The summed E-state index contributed by atoms with van der Waals surface area (Å²) < 4.78 is 20.3. The van der Waals surface area contributed by atoms with Gasteiger partial charge in [0.25, 0.3) is 0 Å². The van der Waals surface area contributed by atoms with Crippen LogP contribution in [-0.2, 0) is 20.9 Å². The fraction of sp³-hybridized carbons (Fsp3) is 0.833. The molecule has 0 N–H and O–H groups in total. The molecule has 5 heteroatoms. The molecule has 0 unspecified atom stereocenters. The largest absolute Gasteiger partial charge is 0.591 e. The highest BCUT2D eigenvalue weighted by Crippen LogP contribution is 2.17. The van der Waals surface area contributed by atoms with Crippen molar-refractivity contribution in [1.82, 2.24) is 0 Å². The standard InChI is InChI=1S/C12H23NO3S/c1-6-16-11(14)9-7-8-10(2)13-17(15)12(3,4)5/h6-9H2,1-5H3/b13-10+/t17-/m1/s1. The van der Waals surface area contributed by atoms with Crippen LogP contribution in [0.25, 0.3) is 0 Å². The molecule has 0 aliphatic heterocycles. The summed E-state index contributed by atoms with van der Waals surface area (Å²) in [7, 11) is 0. The van der Waals surface area contributed by atoms with Crippen LogP contribution >= 0.6 is 0 Å². The highest BCUT2D eigenvalue weighted by atomic mass is 32.2. The molecule has 17 heavy (non-hydrogen) atoms. The summed E-state index contributed by atoms with van der Waals surface area (Å²) in [5.41, 5.74) is 0.822. The van der Waals surface area contributed by atoms with Crippen molar-refractivity contribution < 1.29 is 14.1 Å². The fourth-order valence-corrected chi connectivity index (χ4v) is 1.69. The quantitative estimate of drug-likeness (QED) is 0.419. The third-order valence-electron chi connectivity index (χ3n) is 1.99. The van der Waals surface area contributed by atoms with Crippen LogP contribution < -0.4 is 0 Å². The lowest BCUT2D eigenvalue weighted by Crippen LogP contribution is -2.26. The number of esters is 1. The van der Waals surface area contributed by atoms with E-state index in [1.807, 2.05) is 27.7 Å². The normalized spacial score (nSPS) is 14.6. The summed E-state index contributed by atoms with van der Waals surface area (Å²) in [5.74, 6) is -0.183. The van der Waals surface area contributed by atoms with E-state index < -0.39 is 11.4 Å². The van der Waals surface area contributed by atoms with Crippen LogP contribution in [0, 0.1) is 0 Å². The summed E-state index contributed by atoms with van der Waals surface area (Å²) in [5, 5.41) is 0. The SMILES string of the molecule is CCOC(=O)CCC/C(C)=N/[S@+]([O-])C(C)(C)C. The van der Waals surface area contributed by atoms with Gasteiger partial charge in [0.1, 0.15) is 16.1 Å². The van der Waals surface area contributed by atoms with Gasteiger partial charge in [-0.2, -0.15) is 0 Å². The monoisotopic (exact) mass is 261 g/mol. The molecule has 4 nitrogen and oxygen atoms in total. The molecule has 0 spiro atoms. The van der Waals surface area contributed by atoms with Crippen molar-refractivity contribution >= 4 is 23.0 Å². The lowest BCUT2D eigenvalue weighted by atomic mass is 10.2. The minimum absolute atomic E-state index is 0.183. The minimum atomic E-state index is -1.21. The second-order valence-electron chi connectivity index (χ2n) is 4.85. The Labute approximate surface area is 107 Å². The molecule has 0 heterocycles. The number of carbonyl (C=O) groups excluding carboxylic acids is 1. The van der Waals surface area contributed by atoms with Crippen molar-refractivity contribution in [3.63, 3.8) is 0 Å². The summed E-state index contributed by atoms with van der Waals surface area (Å²) in [6.45, 7) is 9.71. The van der Waals surface area contributed by atoms with Crippen molar-refractivity contribution in [3.05, 3.63) is 0 Å². The summed E-state index contributed by atoms with van der Waals surface area (Å²) in [6.07, 6.45) is 1.76. The Morgan fingerprint density at radius 2 is 1.94 bits per heavy atom. The van der Waals surface area contributed by atoms with Gasteiger partial charge in [-0.3, -0.25) is 4.79 Å².